The molecule has 0 spiro atoms. The summed E-state index contributed by atoms with van der Waals surface area (Å²) in [5, 5.41) is 0. The van der Waals surface area contributed by atoms with Crippen molar-refractivity contribution in [2.24, 2.45) is 5.92 Å². The Morgan fingerprint density at radius 3 is 0.963 bits per heavy atom. The van der Waals surface area contributed by atoms with E-state index in [9.17, 15) is 14.4 Å². The summed E-state index contributed by atoms with van der Waals surface area (Å²) in [6.07, 6.45) is 42.2. The van der Waals surface area contributed by atoms with Crippen molar-refractivity contribution in [1.29, 1.82) is 0 Å². The van der Waals surface area contributed by atoms with Gasteiger partial charge in [-0.2, -0.15) is 0 Å². The van der Waals surface area contributed by atoms with Crippen LogP contribution in [0.2, 0.25) is 0 Å². The van der Waals surface area contributed by atoms with Crippen LogP contribution in [0.3, 0.4) is 0 Å². The third-order valence-corrected chi connectivity index (χ3v) is 11.2. The SMILES string of the molecule is CCCCCCCCCCCCCCCCC(=O)OC[C@@H](COC(=O)CCCCCCCCCCCC)OC(=O)CCCCCCCCCCC(C)CC. The van der Waals surface area contributed by atoms with Crippen LogP contribution in [0.1, 0.15) is 265 Å². The van der Waals surface area contributed by atoms with Gasteiger partial charge in [0.2, 0.25) is 0 Å². The molecule has 1 unspecified atom stereocenters. The number of hydrogen-bond donors (Lipinski definition) is 0. The van der Waals surface area contributed by atoms with E-state index in [4.69, 9.17) is 14.2 Å². The molecule has 0 radical (unpaired) electrons. The van der Waals surface area contributed by atoms with Crippen LogP contribution in [-0.2, 0) is 28.6 Å². The topological polar surface area (TPSA) is 78.9 Å². The second kappa shape index (κ2) is 42.6. The Kier molecular flexibility index (Phi) is 41.3. The molecule has 0 bridgehead atoms. The van der Waals surface area contributed by atoms with E-state index in [0.717, 1.165) is 63.7 Å². The van der Waals surface area contributed by atoms with Crippen molar-refractivity contribution >= 4 is 17.9 Å². The van der Waals surface area contributed by atoms with Crippen molar-refractivity contribution in [1.82, 2.24) is 0 Å². The van der Waals surface area contributed by atoms with Gasteiger partial charge in [0.15, 0.2) is 6.10 Å². The number of unbranched alkanes of at least 4 members (excludes halogenated alkanes) is 29. The van der Waals surface area contributed by atoms with E-state index in [1.165, 1.54) is 161 Å². The second-order valence-electron chi connectivity index (χ2n) is 16.6. The Hall–Kier alpha value is -1.59. The number of ether oxygens (including phenoxy) is 3. The maximum Gasteiger partial charge on any atom is 0.306 e. The van der Waals surface area contributed by atoms with E-state index in [0.29, 0.717) is 19.3 Å². The van der Waals surface area contributed by atoms with Crippen molar-refractivity contribution in [3.8, 4) is 0 Å². The minimum absolute atomic E-state index is 0.0637. The fraction of sp³-hybridized carbons (Fsp3) is 0.938. The van der Waals surface area contributed by atoms with Crippen molar-refractivity contribution in [2.45, 2.75) is 271 Å². The average molecular weight is 765 g/mol. The summed E-state index contributed by atoms with van der Waals surface area (Å²) < 4.78 is 16.7. The summed E-state index contributed by atoms with van der Waals surface area (Å²) >= 11 is 0. The van der Waals surface area contributed by atoms with Gasteiger partial charge >= 0.3 is 17.9 Å². The first-order valence-electron chi connectivity index (χ1n) is 23.9. The van der Waals surface area contributed by atoms with Crippen LogP contribution in [0.5, 0.6) is 0 Å². The largest absolute Gasteiger partial charge is 0.462 e. The van der Waals surface area contributed by atoms with E-state index in [1.54, 1.807) is 0 Å². The first kappa shape index (κ1) is 52.4. The fourth-order valence-electron chi connectivity index (χ4n) is 7.12. The molecule has 0 aromatic carbocycles. The number of carbonyl (C=O) groups is 3. The van der Waals surface area contributed by atoms with Gasteiger partial charge in [0.25, 0.3) is 0 Å². The van der Waals surface area contributed by atoms with Gasteiger partial charge in [-0.25, -0.2) is 0 Å². The maximum atomic E-state index is 12.7. The Balaban J connectivity index is 4.32. The standard InChI is InChI=1S/C48H92O6/c1-5-8-10-12-14-16-18-19-20-21-23-28-32-36-40-47(50)53-43-45(42-52-46(49)39-35-31-27-22-17-15-13-11-9-6-2)54-48(51)41-37-33-29-25-24-26-30-34-38-44(4)7-3/h44-45H,5-43H2,1-4H3/t44?,45-/m1/s1. The van der Waals surface area contributed by atoms with Gasteiger partial charge < -0.3 is 14.2 Å². The fourth-order valence-corrected chi connectivity index (χ4v) is 7.12. The second-order valence-corrected chi connectivity index (χ2v) is 16.6. The minimum atomic E-state index is -0.759. The van der Waals surface area contributed by atoms with Gasteiger partial charge in [0.1, 0.15) is 13.2 Å². The molecule has 0 aromatic heterocycles. The molecular weight excluding hydrogens is 673 g/mol. The van der Waals surface area contributed by atoms with Gasteiger partial charge in [0.05, 0.1) is 0 Å². The minimum Gasteiger partial charge on any atom is -0.462 e. The normalized spacial score (nSPS) is 12.4. The Bertz CT molecular complexity index is 813. The molecule has 0 aromatic rings. The zero-order chi connectivity index (χ0) is 39.6. The third kappa shape index (κ3) is 40.1. The van der Waals surface area contributed by atoms with Crippen molar-refractivity contribution in [3.05, 3.63) is 0 Å². The highest BCUT2D eigenvalue weighted by Crippen LogP contribution is 2.17. The Labute approximate surface area is 336 Å². The number of esters is 3. The van der Waals surface area contributed by atoms with Gasteiger partial charge in [0, 0.05) is 19.3 Å². The van der Waals surface area contributed by atoms with Crippen LogP contribution in [0.25, 0.3) is 0 Å². The van der Waals surface area contributed by atoms with Gasteiger partial charge in [-0.15, -0.1) is 0 Å². The monoisotopic (exact) mass is 765 g/mol. The molecule has 0 aliphatic carbocycles. The Morgan fingerprint density at radius 2 is 0.648 bits per heavy atom. The lowest BCUT2D eigenvalue weighted by Gasteiger charge is -2.18. The summed E-state index contributed by atoms with van der Waals surface area (Å²) in [6, 6.07) is 0. The summed E-state index contributed by atoms with van der Waals surface area (Å²) in [6.45, 7) is 9.00. The van der Waals surface area contributed by atoms with Crippen LogP contribution < -0.4 is 0 Å². The smallest absolute Gasteiger partial charge is 0.306 e. The molecule has 6 heteroatoms. The van der Waals surface area contributed by atoms with E-state index >= 15 is 0 Å². The van der Waals surface area contributed by atoms with Crippen LogP contribution in [0, 0.1) is 5.92 Å². The number of rotatable bonds is 43. The molecule has 54 heavy (non-hydrogen) atoms. The molecule has 0 fully saturated rings. The predicted octanol–water partition coefficient (Wildman–Crippen LogP) is 15.1. The molecular formula is C48H92O6. The third-order valence-electron chi connectivity index (χ3n) is 11.2. The zero-order valence-electron chi connectivity index (χ0n) is 36.7. The first-order chi connectivity index (χ1) is 26.4. The zero-order valence-corrected chi connectivity index (χ0v) is 36.7. The number of hydrogen-bond acceptors (Lipinski definition) is 6. The molecule has 0 saturated carbocycles. The molecule has 320 valence electrons. The van der Waals surface area contributed by atoms with Crippen molar-refractivity contribution < 1.29 is 28.6 Å². The summed E-state index contributed by atoms with van der Waals surface area (Å²) in [7, 11) is 0. The summed E-state index contributed by atoms with van der Waals surface area (Å²) in [4.78, 5) is 37.7. The highest BCUT2D eigenvalue weighted by Gasteiger charge is 2.19. The lowest BCUT2D eigenvalue weighted by Crippen LogP contribution is -2.30. The number of carbonyl (C=O) groups excluding carboxylic acids is 3. The molecule has 0 aliphatic rings. The highest BCUT2D eigenvalue weighted by atomic mass is 16.6. The summed E-state index contributed by atoms with van der Waals surface area (Å²) in [5.41, 5.74) is 0. The quantitative estimate of drug-likeness (QED) is 0.0349. The van der Waals surface area contributed by atoms with Crippen LogP contribution in [0.15, 0.2) is 0 Å². The highest BCUT2D eigenvalue weighted by molar-refractivity contribution is 5.71. The summed E-state index contributed by atoms with van der Waals surface area (Å²) in [5.74, 6) is -0.00815. The van der Waals surface area contributed by atoms with Gasteiger partial charge in [-0.05, 0) is 25.2 Å². The van der Waals surface area contributed by atoms with Gasteiger partial charge in [-0.1, -0.05) is 227 Å². The lowest BCUT2D eigenvalue weighted by atomic mass is 9.99. The average Bonchev–Trinajstić information content (AvgIpc) is 3.17. The van der Waals surface area contributed by atoms with Crippen molar-refractivity contribution in [3.63, 3.8) is 0 Å². The predicted molar refractivity (Wildman–Crippen MR) is 229 cm³/mol. The van der Waals surface area contributed by atoms with E-state index < -0.39 is 6.10 Å². The van der Waals surface area contributed by atoms with Crippen LogP contribution in [0.4, 0.5) is 0 Å². The molecule has 0 heterocycles. The molecule has 0 rings (SSSR count). The lowest BCUT2D eigenvalue weighted by molar-refractivity contribution is -0.167. The van der Waals surface area contributed by atoms with Crippen LogP contribution >= 0.6 is 0 Å². The molecule has 6 nitrogen and oxygen atoms in total. The van der Waals surface area contributed by atoms with E-state index in [1.807, 2.05) is 0 Å². The van der Waals surface area contributed by atoms with Gasteiger partial charge in [-0.3, -0.25) is 14.4 Å². The van der Waals surface area contributed by atoms with E-state index in [2.05, 4.69) is 27.7 Å². The Morgan fingerprint density at radius 1 is 0.370 bits per heavy atom. The molecule has 0 amide bonds. The molecule has 0 aliphatic heterocycles. The molecule has 0 saturated heterocycles. The maximum absolute atomic E-state index is 12.7. The molecule has 0 N–H and O–H groups in total. The van der Waals surface area contributed by atoms with E-state index in [-0.39, 0.29) is 31.1 Å². The van der Waals surface area contributed by atoms with Crippen molar-refractivity contribution in [2.75, 3.05) is 13.2 Å². The first-order valence-corrected chi connectivity index (χ1v) is 23.9. The van der Waals surface area contributed by atoms with Crippen LogP contribution in [-0.4, -0.2) is 37.2 Å². The molecule has 2 atom stereocenters.